The number of anilines is 1. The minimum atomic E-state index is -0.128. The lowest BCUT2D eigenvalue weighted by molar-refractivity contribution is -0.125. The van der Waals surface area contributed by atoms with Gasteiger partial charge in [-0.15, -0.1) is 11.3 Å². The Bertz CT molecular complexity index is 987. The van der Waals surface area contributed by atoms with E-state index < -0.39 is 0 Å². The van der Waals surface area contributed by atoms with Gasteiger partial charge in [0.05, 0.1) is 18.8 Å². The first-order valence-corrected chi connectivity index (χ1v) is 11.0. The van der Waals surface area contributed by atoms with Gasteiger partial charge in [0.2, 0.25) is 0 Å². The fourth-order valence-electron chi connectivity index (χ4n) is 3.85. The minimum Gasteiger partial charge on any atom is -0.497 e. The van der Waals surface area contributed by atoms with Gasteiger partial charge in [-0.05, 0) is 54.8 Å². The molecule has 4 nitrogen and oxygen atoms in total. The first-order chi connectivity index (χ1) is 14.1. The molecule has 0 bridgehead atoms. The quantitative estimate of drug-likeness (QED) is 0.496. The van der Waals surface area contributed by atoms with Gasteiger partial charge in [-0.1, -0.05) is 30.2 Å². The average Bonchev–Trinajstić information content (AvgIpc) is 3.21. The predicted molar refractivity (Wildman–Crippen MR) is 119 cm³/mol. The Morgan fingerprint density at radius 2 is 2.03 bits per heavy atom. The molecular weight excluding hydrogens is 404 g/mol. The number of ketones is 1. The van der Waals surface area contributed by atoms with Gasteiger partial charge in [0.25, 0.3) is 0 Å². The van der Waals surface area contributed by atoms with E-state index >= 15 is 0 Å². The second kappa shape index (κ2) is 8.97. The summed E-state index contributed by atoms with van der Waals surface area (Å²) in [6.07, 6.45) is 3.60. The van der Waals surface area contributed by atoms with Crippen LogP contribution < -0.4 is 10.1 Å². The molecule has 2 atom stereocenters. The first kappa shape index (κ1) is 19.9. The Morgan fingerprint density at radius 1 is 1.21 bits per heavy atom. The Balaban J connectivity index is 1.60. The minimum absolute atomic E-state index is 0.0597. The van der Waals surface area contributed by atoms with E-state index in [9.17, 15) is 4.79 Å². The molecule has 4 rings (SSSR count). The van der Waals surface area contributed by atoms with Crippen molar-refractivity contribution in [2.24, 2.45) is 5.92 Å². The molecule has 2 unspecified atom stereocenters. The highest BCUT2D eigenvalue weighted by Gasteiger charge is 2.32. The third-order valence-electron chi connectivity index (χ3n) is 5.38. The highest BCUT2D eigenvalue weighted by atomic mass is 35.5. The predicted octanol–water partition coefficient (Wildman–Crippen LogP) is 6.38. The number of carbonyl (C=O) groups is 1. The third kappa shape index (κ3) is 4.62. The second-order valence-electron chi connectivity index (χ2n) is 7.26. The van der Waals surface area contributed by atoms with Gasteiger partial charge in [-0.2, -0.15) is 0 Å². The van der Waals surface area contributed by atoms with E-state index in [-0.39, 0.29) is 12.0 Å². The molecule has 1 aromatic heterocycles. The van der Waals surface area contributed by atoms with Crippen LogP contribution in [0.2, 0.25) is 5.02 Å². The molecule has 1 heterocycles. The standard InChI is InChI=1S/C23H23ClN2O2S/c1-28-18-11-9-15(10-12-18)20-14-29-23(25-20)26-22(16-5-4-6-17(24)13-16)19-7-2-3-8-21(19)27/h4-6,9-14,19,22H,2-3,7-8H2,1H3,(H,25,26). The monoisotopic (exact) mass is 426 g/mol. The maximum atomic E-state index is 12.7. The summed E-state index contributed by atoms with van der Waals surface area (Å²) in [5, 5.41) is 7.05. The molecule has 2 aromatic carbocycles. The molecule has 3 aromatic rings. The second-order valence-corrected chi connectivity index (χ2v) is 8.56. The number of nitrogens with zero attached hydrogens (tertiary/aromatic N) is 1. The van der Waals surface area contributed by atoms with Gasteiger partial charge in [0.15, 0.2) is 5.13 Å². The number of rotatable bonds is 6. The maximum Gasteiger partial charge on any atom is 0.183 e. The normalized spacial score (nSPS) is 17.7. The molecule has 0 amide bonds. The van der Waals surface area contributed by atoms with Crippen LogP contribution in [-0.2, 0) is 4.79 Å². The van der Waals surface area contributed by atoms with Crippen LogP contribution in [-0.4, -0.2) is 17.9 Å². The zero-order valence-corrected chi connectivity index (χ0v) is 17.8. The van der Waals surface area contributed by atoms with Crippen LogP contribution in [0.15, 0.2) is 53.9 Å². The summed E-state index contributed by atoms with van der Waals surface area (Å²) < 4.78 is 5.23. The summed E-state index contributed by atoms with van der Waals surface area (Å²) in [6.45, 7) is 0. The zero-order chi connectivity index (χ0) is 20.2. The Morgan fingerprint density at radius 3 is 2.76 bits per heavy atom. The number of nitrogens with one attached hydrogen (secondary N) is 1. The van der Waals surface area contributed by atoms with Crippen molar-refractivity contribution in [1.29, 1.82) is 0 Å². The number of ether oxygens (including phenoxy) is 1. The van der Waals surface area contributed by atoms with Crippen LogP contribution in [0.25, 0.3) is 11.3 Å². The molecule has 6 heteroatoms. The van der Waals surface area contributed by atoms with Gasteiger partial charge in [-0.25, -0.2) is 4.98 Å². The number of aromatic nitrogens is 1. The van der Waals surface area contributed by atoms with E-state index in [1.165, 1.54) is 0 Å². The van der Waals surface area contributed by atoms with Crippen molar-refractivity contribution >= 4 is 33.9 Å². The van der Waals surface area contributed by atoms with E-state index in [1.54, 1.807) is 18.4 Å². The lowest BCUT2D eigenvalue weighted by Crippen LogP contribution is -2.30. The smallest absolute Gasteiger partial charge is 0.183 e. The van der Waals surface area contributed by atoms with Gasteiger partial charge >= 0.3 is 0 Å². The number of benzene rings is 2. The molecule has 29 heavy (non-hydrogen) atoms. The number of hydrogen-bond donors (Lipinski definition) is 1. The Hall–Kier alpha value is -2.37. The summed E-state index contributed by atoms with van der Waals surface area (Å²) >= 11 is 7.79. The topological polar surface area (TPSA) is 51.2 Å². The molecule has 1 fully saturated rings. The number of thiazole rings is 1. The average molecular weight is 427 g/mol. The van der Waals surface area contributed by atoms with E-state index in [1.807, 2.05) is 53.9 Å². The summed E-state index contributed by atoms with van der Waals surface area (Å²) in [7, 11) is 1.66. The van der Waals surface area contributed by atoms with Crippen LogP contribution in [0.1, 0.15) is 37.3 Å². The van der Waals surface area contributed by atoms with E-state index in [4.69, 9.17) is 21.3 Å². The van der Waals surface area contributed by atoms with Crippen LogP contribution >= 0.6 is 22.9 Å². The van der Waals surface area contributed by atoms with Crippen molar-refractivity contribution in [3.8, 4) is 17.0 Å². The molecule has 0 radical (unpaired) electrons. The van der Waals surface area contributed by atoms with Crippen LogP contribution in [0.3, 0.4) is 0 Å². The molecule has 0 aliphatic heterocycles. The molecule has 1 aliphatic carbocycles. The number of Topliss-reactive ketones (excluding diaryl/α,β-unsaturated/α-hetero) is 1. The molecule has 150 valence electrons. The summed E-state index contributed by atoms with van der Waals surface area (Å²) in [6, 6.07) is 15.5. The van der Waals surface area contributed by atoms with Gasteiger partial charge in [0, 0.05) is 28.3 Å². The molecule has 1 aliphatic rings. The zero-order valence-electron chi connectivity index (χ0n) is 16.2. The Kier molecular flexibility index (Phi) is 6.16. The fourth-order valence-corrected chi connectivity index (χ4v) is 4.80. The van der Waals surface area contributed by atoms with Crippen molar-refractivity contribution in [3.05, 3.63) is 64.5 Å². The van der Waals surface area contributed by atoms with Crippen LogP contribution in [0, 0.1) is 5.92 Å². The summed E-state index contributed by atoms with van der Waals surface area (Å²) in [5.41, 5.74) is 2.96. The van der Waals surface area contributed by atoms with E-state index in [0.717, 1.165) is 47.0 Å². The van der Waals surface area contributed by atoms with Gasteiger partial charge < -0.3 is 10.1 Å². The SMILES string of the molecule is COc1ccc(-c2csc(NC(c3cccc(Cl)c3)C3CCCCC3=O)n2)cc1. The lowest BCUT2D eigenvalue weighted by Gasteiger charge is -2.30. The number of halogens is 1. The lowest BCUT2D eigenvalue weighted by atomic mass is 9.80. The van der Waals surface area contributed by atoms with E-state index in [2.05, 4.69) is 5.32 Å². The number of carbonyl (C=O) groups excluding carboxylic acids is 1. The largest absolute Gasteiger partial charge is 0.497 e. The van der Waals surface area contributed by atoms with Crippen LogP contribution in [0.5, 0.6) is 5.75 Å². The summed E-state index contributed by atoms with van der Waals surface area (Å²) in [5.74, 6) is 1.08. The maximum absolute atomic E-state index is 12.7. The van der Waals surface area contributed by atoms with Gasteiger partial charge in [-0.3, -0.25) is 4.79 Å². The Labute approximate surface area is 179 Å². The van der Waals surface area contributed by atoms with Crippen molar-refractivity contribution in [3.63, 3.8) is 0 Å². The van der Waals surface area contributed by atoms with Crippen LogP contribution in [0.4, 0.5) is 5.13 Å². The van der Waals surface area contributed by atoms with Crippen molar-refractivity contribution in [2.45, 2.75) is 31.7 Å². The molecule has 0 spiro atoms. The van der Waals surface area contributed by atoms with Crippen molar-refractivity contribution < 1.29 is 9.53 Å². The number of methoxy groups -OCH3 is 1. The highest BCUT2D eigenvalue weighted by Crippen LogP contribution is 2.37. The summed E-state index contributed by atoms with van der Waals surface area (Å²) in [4.78, 5) is 17.4. The highest BCUT2D eigenvalue weighted by molar-refractivity contribution is 7.14. The molecule has 1 saturated carbocycles. The number of hydrogen-bond acceptors (Lipinski definition) is 5. The molecule has 0 saturated heterocycles. The fraction of sp³-hybridized carbons (Fsp3) is 0.304. The molecular formula is C23H23ClN2O2S. The van der Waals surface area contributed by atoms with Crippen molar-refractivity contribution in [2.75, 3.05) is 12.4 Å². The van der Waals surface area contributed by atoms with Crippen molar-refractivity contribution in [1.82, 2.24) is 4.98 Å². The van der Waals surface area contributed by atoms with Gasteiger partial charge in [0.1, 0.15) is 11.5 Å². The van der Waals surface area contributed by atoms with E-state index in [0.29, 0.717) is 17.2 Å². The molecule has 1 N–H and O–H groups in total. The third-order valence-corrected chi connectivity index (χ3v) is 6.39. The first-order valence-electron chi connectivity index (χ1n) is 9.79.